The molecule has 0 aromatic heterocycles. The lowest BCUT2D eigenvalue weighted by atomic mass is 9.93. The first kappa shape index (κ1) is 10.3. The van der Waals surface area contributed by atoms with Gasteiger partial charge in [0.25, 0.3) is 0 Å². The van der Waals surface area contributed by atoms with Gasteiger partial charge in [0, 0.05) is 12.9 Å². The van der Waals surface area contributed by atoms with E-state index >= 15 is 0 Å². The Kier molecular flexibility index (Phi) is 3.30. The highest BCUT2D eigenvalue weighted by molar-refractivity contribution is 8.13. The second kappa shape index (κ2) is 4.51. The van der Waals surface area contributed by atoms with Crippen LogP contribution >= 0.6 is 11.8 Å². The number of nitrogens with zero attached hydrogens (tertiary/aromatic N) is 1. The van der Waals surface area contributed by atoms with Gasteiger partial charge < -0.3 is 15.2 Å². The van der Waals surface area contributed by atoms with Crippen molar-refractivity contribution in [1.82, 2.24) is 0 Å². The van der Waals surface area contributed by atoms with Crippen LogP contribution in [-0.4, -0.2) is 43.4 Å². The monoisotopic (exact) mass is 216 g/mol. The van der Waals surface area contributed by atoms with Crippen LogP contribution in [0.5, 0.6) is 0 Å². The molecule has 3 atom stereocenters. The van der Waals surface area contributed by atoms with Crippen molar-refractivity contribution < 1.29 is 9.47 Å². The number of nitrogens with two attached hydrogens (primary N) is 1. The van der Waals surface area contributed by atoms with Crippen molar-refractivity contribution in [1.29, 1.82) is 0 Å². The quantitative estimate of drug-likeness (QED) is 0.729. The fraction of sp³-hybridized carbons (Fsp3) is 0.889. The Morgan fingerprint density at radius 1 is 1.71 bits per heavy atom. The predicted octanol–water partition coefficient (Wildman–Crippen LogP) is 0.468. The topological polar surface area (TPSA) is 56.8 Å². The number of amidine groups is 1. The average molecular weight is 216 g/mol. The second-order valence-corrected chi connectivity index (χ2v) is 4.79. The van der Waals surface area contributed by atoms with E-state index in [0.29, 0.717) is 24.3 Å². The van der Waals surface area contributed by atoms with Gasteiger partial charge in [0.15, 0.2) is 5.17 Å². The van der Waals surface area contributed by atoms with Gasteiger partial charge in [-0.3, -0.25) is 4.99 Å². The molecule has 2 heterocycles. The van der Waals surface area contributed by atoms with E-state index in [9.17, 15) is 0 Å². The lowest BCUT2D eigenvalue weighted by Crippen LogP contribution is -2.42. The van der Waals surface area contributed by atoms with Crippen molar-refractivity contribution in [2.45, 2.75) is 18.6 Å². The maximum atomic E-state index is 5.67. The molecule has 2 N–H and O–H groups in total. The minimum atomic E-state index is 0.247. The van der Waals surface area contributed by atoms with Crippen molar-refractivity contribution in [3.8, 4) is 0 Å². The zero-order valence-electron chi connectivity index (χ0n) is 8.31. The summed E-state index contributed by atoms with van der Waals surface area (Å²) >= 11 is 1.66. The van der Waals surface area contributed by atoms with Gasteiger partial charge >= 0.3 is 0 Å². The van der Waals surface area contributed by atoms with Gasteiger partial charge in [-0.1, -0.05) is 11.8 Å². The van der Waals surface area contributed by atoms with Crippen molar-refractivity contribution in [3.63, 3.8) is 0 Å². The van der Waals surface area contributed by atoms with E-state index in [2.05, 4.69) is 4.99 Å². The Labute approximate surface area is 88.2 Å². The van der Waals surface area contributed by atoms with Crippen LogP contribution in [0.1, 0.15) is 6.42 Å². The molecule has 80 valence electrons. The molecule has 0 aliphatic carbocycles. The first-order valence-corrected chi connectivity index (χ1v) is 5.84. The highest BCUT2D eigenvalue weighted by Gasteiger charge is 2.33. The maximum Gasteiger partial charge on any atom is 0.154 e. The number of ether oxygens (including phenoxy) is 2. The van der Waals surface area contributed by atoms with Crippen LogP contribution in [0.4, 0.5) is 0 Å². The van der Waals surface area contributed by atoms with Crippen LogP contribution in [0, 0.1) is 5.92 Å². The summed E-state index contributed by atoms with van der Waals surface area (Å²) in [6.45, 7) is 1.38. The summed E-state index contributed by atoms with van der Waals surface area (Å²) in [7, 11) is 1.71. The van der Waals surface area contributed by atoms with Gasteiger partial charge in [-0.05, 0) is 12.3 Å². The summed E-state index contributed by atoms with van der Waals surface area (Å²) in [6, 6.07) is 0.282. The van der Waals surface area contributed by atoms with Crippen LogP contribution in [0.15, 0.2) is 4.99 Å². The molecule has 0 amide bonds. The maximum absolute atomic E-state index is 5.67. The normalized spacial score (nSPS) is 37.5. The van der Waals surface area contributed by atoms with Gasteiger partial charge in [-0.2, -0.15) is 0 Å². The second-order valence-electron chi connectivity index (χ2n) is 3.75. The Hall–Kier alpha value is -0.260. The van der Waals surface area contributed by atoms with Crippen LogP contribution in [0.25, 0.3) is 0 Å². The van der Waals surface area contributed by atoms with Gasteiger partial charge in [-0.25, -0.2) is 0 Å². The molecule has 0 bridgehead atoms. The molecule has 0 radical (unpaired) electrons. The first-order valence-electron chi connectivity index (χ1n) is 4.86. The molecule has 1 fully saturated rings. The molecule has 2 aliphatic rings. The Morgan fingerprint density at radius 2 is 2.57 bits per heavy atom. The molecule has 0 spiro atoms. The lowest BCUT2D eigenvalue weighted by molar-refractivity contribution is -0.0524. The number of rotatable bonds is 2. The van der Waals surface area contributed by atoms with Crippen molar-refractivity contribution in [2.24, 2.45) is 16.6 Å². The molecule has 2 rings (SSSR count). The fourth-order valence-corrected chi connectivity index (χ4v) is 2.90. The molecular weight excluding hydrogens is 200 g/mol. The zero-order chi connectivity index (χ0) is 9.97. The highest BCUT2D eigenvalue weighted by Crippen LogP contribution is 2.30. The smallest absolute Gasteiger partial charge is 0.154 e. The van der Waals surface area contributed by atoms with E-state index < -0.39 is 0 Å². The van der Waals surface area contributed by atoms with Gasteiger partial charge in [-0.15, -0.1) is 0 Å². The molecule has 3 unspecified atom stereocenters. The van der Waals surface area contributed by atoms with E-state index in [4.69, 9.17) is 15.2 Å². The number of methoxy groups -OCH3 is 1. The van der Waals surface area contributed by atoms with Crippen LogP contribution in [0.2, 0.25) is 0 Å². The third-order valence-electron chi connectivity index (χ3n) is 2.70. The number of fused-ring (bicyclic) bond motifs is 1. The van der Waals surface area contributed by atoms with Crippen molar-refractivity contribution in [3.05, 3.63) is 0 Å². The van der Waals surface area contributed by atoms with Crippen LogP contribution in [-0.2, 0) is 9.47 Å². The van der Waals surface area contributed by atoms with Crippen molar-refractivity contribution >= 4 is 16.9 Å². The number of thioether (sulfide) groups is 1. The summed E-state index contributed by atoms with van der Waals surface area (Å²) in [5, 5.41) is 0.708. The molecule has 0 aromatic carbocycles. The van der Waals surface area contributed by atoms with Gasteiger partial charge in [0.05, 0.1) is 25.4 Å². The molecule has 0 saturated carbocycles. The van der Waals surface area contributed by atoms with Crippen molar-refractivity contribution in [2.75, 3.05) is 26.1 Å². The summed E-state index contributed by atoms with van der Waals surface area (Å²) < 4.78 is 10.7. The Balaban J connectivity index is 1.93. The van der Waals surface area contributed by atoms with Crippen LogP contribution in [0.3, 0.4) is 0 Å². The number of aliphatic imine (C=N–C) groups is 1. The molecule has 14 heavy (non-hydrogen) atoms. The first-order chi connectivity index (χ1) is 6.79. The molecule has 0 aromatic rings. The van der Waals surface area contributed by atoms with E-state index in [1.807, 2.05) is 0 Å². The third-order valence-corrected chi connectivity index (χ3v) is 3.70. The SMILES string of the molecule is COCC1CC2CSC(N)=NC2CO1. The van der Waals surface area contributed by atoms with Gasteiger partial charge in [0.2, 0.25) is 0 Å². The molecule has 4 nitrogen and oxygen atoms in total. The summed E-state index contributed by atoms with van der Waals surface area (Å²) in [4.78, 5) is 4.39. The van der Waals surface area contributed by atoms with Gasteiger partial charge in [0.1, 0.15) is 0 Å². The Morgan fingerprint density at radius 3 is 3.36 bits per heavy atom. The summed E-state index contributed by atoms with van der Waals surface area (Å²) in [6.07, 6.45) is 1.29. The van der Waals surface area contributed by atoms with E-state index in [1.54, 1.807) is 18.9 Å². The van der Waals surface area contributed by atoms with E-state index in [-0.39, 0.29) is 12.1 Å². The van der Waals surface area contributed by atoms with Crippen LogP contribution < -0.4 is 5.73 Å². The minimum absolute atomic E-state index is 0.247. The van der Waals surface area contributed by atoms with E-state index in [1.165, 1.54) is 0 Å². The predicted molar refractivity (Wildman–Crippen MR) is 57.6 cm³/mol. The standard InChI is InChI=1S/C9H16N2O2S/c1-12-3-7-2-6-5-14-9(10)11-8(6)4-13-7/h6-8H,2-5H2,1H3,(H2,10,11). The number of hydrogen-bond donors (Lipinski definition) is 1. The molecule has 5 heteroatoms. The fourth-order valence-electron chi connectivity index (χ4n) is 1.95. The largest absolute Gasteiger partial charge is 0.382 e. The minimum Gasteiger partial charge on any atom is -0.382 e. The highest BCUT2D eigenvalue weighted by atomic mass is 32.2. The zero-order valence-corrected chi connectivity index (χ0v) is 9.13. The number of hydrogen-bond acceptors (Lipinski definition) is 5. The average Bonchev–Trinajstić information content (AvgIpc) is 2.19. The Bertz CT molecular complexity index is 235. The lowest BCUT2D eigenvalue weighted by Gasteiger charge is -2.36. The molecule has 2 aliphatic heterocycles. The third kappa shape index (κ3) is 2.21. The summed E-state index contributed by atoms with van der Waals surface area (Å²) in [5.41, 5.74) is 5.67. The van der Waals surface area contributed by atoms with E-state index in [0.717, 1.165) is 12.2 Å². The summed E-state index contributed by atoms with van der Waals surface area (Å²) in [5.74, 6) is 1.69. The molecular formula is C9H16N2O2S. The molecule has 1 saturated heterocycles.